The van der Waals surface area contributed by atoms with Gasteiger partial charge >= 0.3 is 0 Å². The molecule has 1 aromatic rings. The van der Waals surface area contributed by atoms with E-state index in [0.29, 0.717) is 5.92 Å². The van der Waals surface area contributed by atoms with Gasteiger partial charge in [0.05, 0.1) is 25.2 Å². The van der Waals surface area contributed by atoms with Gasteiger partial charge in [-0.3, -0.25) is 0 Å². The molecule has 3 heteroatoms. The zero-order valence-corrected chi connectivity index (χ0v) is 11.5. The van der Waals surface area contributed by atoms with Crippen molar-refractivity contribution in [3.63, 3.8) is 0 Å². The maximum absolute atomic E-state index is 9.50. The molecule has 0 radical (unpaired) electrons. The van der Waals surface area contributed by atoms with Crippen molar-refractivity contribution in [2.24, 2.45) is 11.3 Å². The van der Waals surface area contributed by atoms with E-state index >= 15 is 0 Å². The second kappa shape index (κ2) is 4.31. The zero-order valence-electron chi connectivity index (χ0n) is 11.5. The first-order valence-electron chi connectivity index (χ1n) is 7.52. The van der Waals surface area contributed by atoms with Crippen LogP contribution < -0.4 is 0 Å². The fraction of sp³-hybridized carbons (Fsp3) is 0.588. The van der Waals surface area contributed by atoms with E-state index < -0.39 is 0 Å². The molecule has 0 N–H and O–H groups in total. The number of rotatable bonds is 1. The lowest BCUT2D eigenvalue weighted by atomic mass is 9.79. The summed E-state index contributed by atoms with van der Waals surface area (Å²) < 4.78 is 11.6. The molecule has 1 saturated heterocycles. The summed E-state index contributed by atoms with van der Waals surface area (Å²) >= 11 is 0. The molecule has 3 nitrogen and oxygen atoms in total. The van der Waals surface area contributed by atoms with E-state index in [1.807, 2.05) is 6.07 Å². The average Bonchev–Trinajstić information content (AvgIpc) is 2.89. The topological polar surface area (TPSA) is 42.2 Å². The number of ether oxygens (including phenoxy) is 2. The fourth-order valence-corrected chi connectivity index (χ4v) is 4.38. The Balaban J connectivity index is 1.56. The Morgan fingerprint density at radius 2 is 1.65 bits per heavy atom. The number of nitrogens with zero attached hydrogens (tertiary/aromatic N) is 1. The maximum Gasteiger partial charge on any atom is 0.168 e. The van der Waals surface area contributed by atoms with Crippen LogP contribution in [0, 0.1) is 22.7 Å². The van der Waals surface area contributed by atoms with Gasteiger partial charge in [-0.1, -0.05) is 30.3 Å². The van der Waals surface area contributed by atoms with Crippen LogP contribution in [0.25, 0.3) is 0 Å². The number of nitriles is 1. The Hall–Kier alpha value is -1.37. The van der Waals surface area contributed by atoms with Crippen LogP contribution in [0.3, 0.4) is 0 Å². The Morgan fingerprint density at radius 1 is 1.00 bits per heavy atom. The second-order valence-corrected chi connectivity index (χ2v) is 6.34. The van der Waals surface area contributed by atoms with Crippen LogP contribution in [0.2, 0.25) is 0 Å². The van der Waals surface area contributed by atoms with Crippen molar-refractivity contribution in [1.82, 2.24) is 0 Å². The highest BCUT2D eigenvalue weighted by Crippen LogP contribution is 2.72. The summed E-state index contributed by atoms with van der Waals surface area (Å²) in [6.45, 7) is 1.44. The van der Waals surface area contributed by atoms with Gasteiger partial charge in [-0.2, -0.15) is 5.26 Å². The fourth-order valence-electron chi connectivity index (χ4n) is 4.38. The van der Waals surface area contributed by atoms with Crippen LogP contribution >= 0.6 is 0 Å². The molecule has 104 valence electrons. The molecular weight excluding hydrogens is 250 g/mol. The van der Waals surface area contributed by atoms with Gasteiger partial charge in [-0.25, -0.2) is 0 Å². The highest BCUT2D eigenvalue weighted by Gasteiger charge is 2.67. The summed E-state index contributed by atoms with van der Waals surface area (Å²) in [5, 5.41) is 9.50. The maximum atomic E-state index is 9.50. The highest BCUT2D eigenvalue weighted by molar-refractivity contribution is 5.37. The van der Waals surface area contributed by atoms with Gasteiger partial charge in [-0.15, -0.1) is 0 Å². The zero-order chi connectivity index (χ0) is 13.6. The lowest BCUT2D eigenvalue weighted by Crippen LogP contribution is -2.36. The van der Waals surface area contributed by atoms with Gasteiger partial charge in [-0.05, 0) is 23.8 Å². The van der Waals surface area contributed by atoms with Crippen LogP contribution in [0.15, 0.2) is 30.3 Å². The van der Waals surface area contributed by atoms with E-state index in [1.54, 1.807) is 0 Å². The van der Waals surface area contributed by atoms with Gasteiger partial charge in [0.25, 0.3) is 0 Å². The van der Waals surface area contributed by atoms with E-state index in [1.165, 1.54) is 5.56 Å². The van der Waals surface area contributed by atoms with Crippen molar-refractivity contribution >= 4 is 0 Å². The molecule has 1 heterocycles. The van der Waals surface area contributed by atoms with E-state index in [9.17, 15) is 5.26 Å². The molecule has 2 aliphatic carbocycles. The number of hydrogen-bond donors (Lipinski definition) is 0. The van der Waals surface area contributed by atoms with Crippen molar-refractivity contribution in [2.75, 3.05) is 13.2 Å². The largest absolute Gasteiger partial charge is 0.348 e. The Kier molecular flexibility index (Phi) is 2.67. The van der Waals surface area contributed by atoms with E-state index in [-0.39, 0.29) is 17.1 Å². The SMILES string of the molecule is N#C[C@@H]1[C@@H](c2ccccc2)C12CCC1(CC2)OCCO1. The van der Waals surface area contributed by atoms with E-state index in [2.05, 4.69) is 30.3 Å². The summed E-state index contributed by atoms with van der Waals surface area (Å²) in [5.74, 6) is 0.255. The van der Waals surface area contributed by atoms with Crippen molar-refractivity contribution in [3.8, 4) is 6.07 Å². The first-order chi connectivity index (χ1) is 9.80. The molecule has 0 aromatic heterocycles. The summed E-state index contributed by atoms with van der Waals surface area (Å²) in [4.78, 5) is 0. The van der Waals surface area contributed by atoms with Crippen LogP contribution in [-0.4, -0.2) is 19.0 Å². The standard InChI is InChI=1S/C17H19NO2/c18-12-14-15(13-4-2-1-3-5-13)16(14)6-8-17(9-7-16)19-10-11-20-17/h1-5,14-15H,6-11H2/t14-,15-/m1/s1. The first kappa shape index (κ1) is 12.4. The van der Waals surface area contributed by atoms with Gasteiger partial charge in [0.2, 0.25) is 0 Å². The minimum absolute atomic E-state index is 0.170. The van der Waals surface area contributed by atoms with Crippen molar-refractivity contribution in [1.29, 1.82) is 5.26 Å². The molecule has 3 aliphatic rings. The predicted octanol–water partition coefficient (Wildman–Crippen LogP) is 3.23. The molecule has 1 aromatic carbocycles. The summed E-state index contributed by atoms with van der Waals surface area (Å²) in [5.41, 5.74) is 1.50. The normalized spacial score (nSPS) is 33.1. The smallest absolute Gasteiger partial charge is 0.168 e. The lowest BCUT2D eigenvalue weighted by molar-refractivity contribution is -0.185. The molecule has 20 heavy (non-hydrogen) atoms. The molecule has 0 unspecified atom stereocenters. The lowest BCUT2D eigenvalue weighted by Gasteiger charge is -2.36. The third-order valence-corrected chi connectivity index (χ3v) is 5.52. The molecular formula is C17H19NO2. The number of benzene rings is 1. The first-order valence-corrected chi connectivity index (χ1v) is 7.52. The third kappa shape index (κ3) is 1.65. The molecule has 2 atom stereocenters. The predicted molar refractivity (Wildman–Crippen MR) is 73.8 cm³/mol. The monoisotopic (exact) mass is 269 g/mol. The molecule has 0 amide bonds. The summed E-state index contributed by atoms with van der Waals surface area (Å²) in [6.07, 6.45) is 3.97. The Bertz CT molecular complexity index is 532. The highest BCUT2D eigenvalue weighted by atomic mass is 16.7. The van der Waals surface area contributed by atoms with E-state index in [4.69, 9.17) is 9.47 Å². The number of hydrogen-bond acceptors (Lipinski definition) is 3. The van der Waals surface area contributed by atoms with Crippen LogP contribution in [0.5, 0.6) is 0 Å². The van der Waals surface area contributed by atoms with Crippen LogP contribution in [-0.2, 0) is 9.47 Å². The Morgan fingerprint density at radius 3 is 2.25 bits per heavy atom. The van der Waals surface area contributed by atoms with Crippen LogP contribution in [0.4, 0.5) is 0 Å². The van der Waals surface area contributed by atoms with Crippen molar-refractivity contribution in [3.05, 3.63) is 35.9 Å². The molecule has 2 saturated carbocycles. The molecule has 0 bridgehead atoms. The summed E-state index contributed by atoms with van der Waals surface area (Å²) in [7, 11) is 0. The van der Waals surface area contributed by atoms with Crippen LogP contribution in [0.1, 0.15) is 37.2 Å². The quantitative estimate of drug-likeness (QED) is 0.786. The molecule has 2 spiro atoms. The molecule has 3 fully saturated rings. The third-order valence-electron chi connectivity index (χ3n) is 5.52. The van der Waals surface area contributed by atoms with Gasteiger partial charge in [0, 0.05) is 18.8 Å². The van der Waals surface area contributed by atoms with Crippen molar-refractivity contribution < 1.29 is 9.47 Å². The Labute approximate surface area is 119 Å². The van der Waals surface area contributed by atoms with Gasteiger partial charge < -0.3 is 9.47 Å². The summed E-state index contributed by atoms with van der Waals surface area (Å²) in [6, 6.07) is 13.1. The van der Waals surface area contributed by atoms with E-state index in [0.717, 1.165) is 38.9 Å². The minimum atomic E-state index is -0.324. The molecule has 4 rings (SSSR count). The van der Waals surface area contributed by atoms with Gasteiger partial charge in [0.1, 0.15) is 0 Å². The molecule has 1 aliphatic heterocycles. The van der Waals surface area contributed by atoms with Crippen molar-refractivity contribution in [2.45, 2.75) is 37.4 Å². The van der Waals surface area contributed by atoms with Gasteiger partial charge in [0.15, 0.2) is 5.79 Å². The second-order valence-electron chi connectivity index (χ2n) is 6.34. The minimum Gasteiger partial charge on any atom is -0.348 e. The average molecular weight is 269 g/mol.